The Labute approximate surface area is 254 Å². The van der Waals surface area contributed by atoms with Gasteiger partial charge in [0.25, 0.3) is 5.91 Å². The summed E-state index contributed by atoms with van der Waals surface area (Å²) in [6.07, 6.45) is 4.86. The molecule has 8 nitrogen and oxygen atoms in total. The summed E-state index contributed by atoms with van der Waals surface area (Å²) in [6, 6.07) is 9.84. The minimum atomic E-state index is -0.861. The number of hydrogen-bond acceptors (Lipinski definition) is 7. The number of carbonyl (C=O) groups is 3. The summed E-state index contributed by atoms with van der Waals surface area (Å²) in [5.41, 5.74) is 0.950. The normalized spacial score (nSPS) is 16.4. The van der Waals surface area contributed by atoms with Gasteiger partial charge in [-0.2, -0.15) is 0 Å². The SMILES string of the molecule is CC(C)(C)OC(=O)[C@@H]1CCCN1C(=O)C(Cc1ccc(-c2ncc(Br)cn2)cc1)NC(=O)c1ccc(C(C)(C)C)s1. The molecule has 3 aromatic rings. The lowest BCUT2D eigenvalue weighted by atomic mass is 9.95. The number of hydrogen-bond donors (Lipinski definition) is 1. The summed E-state index contributed by atoms with van der Waals surface area (Å²) in [6.45, 7) is 12.2. The van der Waals surface area contributed by atoms with Gasteiger partial charge >= 0.3 is 5.97 Å². The van der Waals surface area contributed by atoms with Crippen LogP contribution < -0.4 is 5.32 Å². The number of amides is 2. The van der Waals surface area contributed by atoms with Gasteiger partial charge in [0, 0.05) is 35.8 Å². The number of ether oxygens (including phenoxy) is 1. The largest absolute Gasteiger partial charge is 0.458 e. The first kappa shape index (κ1) is 30.8. The van der Waals surface area contributed by atoms with Gasteiger partial charge in [-0.25, -0.2) is 14.8 Å². The Balaban J connectivity index is 1.58. The van der Waals surface area contributed by atoms with Crippen LogP contribution in [0.1, 0.15) is 74.5 Å². The lowest BCUT2D eigenvalue weighted by molar-refractivity contribution is -0.163. The summed E-state index contributed by atoms with van der Waals surface area (Å²) in [5, 5.41) is 2.98. The van der Waals surface area contributed by atoms with Crippen molar-refractivity contribution in [3.05, 3.63) is 68.6 Å². The Kier molecular flexibility index (Phi) is 9.33. The standard InChI is InChI=1S/C31H37BrN4O4S/c1-30(2,3)25-14-13-24(41-25)27(37)35-22(28(38)36-15-7-8-23(36)29(39)40-31(4,5)6)16-19-9-11-20(12-10-19)26-33-17-21(32)18-34-26/h9-14,17-18,22-23H,7-8,15-16H2,1-6H3,(H,35,37)/t22?,23-/m0/s1. The second kappa shape index (κ2) is 12.4. The van der Waals surface area contributed by atoms with Gasteiger partial charge in [0.2, 0.25) is 5.91 Å². The van der Waals surface area contributed by atoms with E-state index in [-0.39, 0.29) is 23.7 Å². The minimum Gasteiger partial charge on any atom is -0.458 e. The summed E-state index contributed by atoms with van der Waals surface area (Å²) >= 11 is 4.77. The van der Waals surface area contributed by atoms with Crippen molar-refractivity contribution in [2.45, 2.75) is 83.9 Å². The molecular weight excluding hydrogens is 604 g/mol. The maximum absolute atomic E-state index is 14.0. The van der Waals surface area contributed by atoms with Gasteiger partial charge in [-0.05, 0) is 72.7 Å². The molecule has 4 rings (SSSR count). The van der Waals surface area contributed by atoms with E-state index in [1.165, 1.54) is 11.3 Å². The predicted octanol–water partition coefficient (Wildman–Crippen LogP) is 5.94. The Morgan fingerprint density at radius 3 is 2.29 bits per heavy atom. The monoisotopic (exact) mass is 640 g/mol. The van der Waals surface area contributed by atoms with Crippen molar-refractivity contribution >= 4 is 45.1 Å². The van der Waals surface area contributed by atoms with E-state index < -0.39 is 23.7 Å². The number of thiophene rings is 1. The zero-order valence-electron chi connectivity index (χ0n) is 24.4. The van der Waals surface area contributed by atoms with E-state index in [9.17, 15) is 14.4 Å². The molecule has 2 atom stereocenters. The molecule has 1 unspecified atom stereocenters. The van der Waals surface area contributed by atoms with E-state index in [1.54, 1.807) is 23.4 Å². The minimum absolute atomic E-state index is 0.0884. The maximum atomic E-state index is 14.0. The molecule has 0 saturated carbocycles. The number of nitrogens with one attached hydrogen (secondary N) is 1. The predicted molar refractivity (Wildman–Crippen MR) is 164 cm³/mol. The summed E-state index contributed by atoms with van der Waals surface area (Å²) in [4.78, 5) is 52.2. The number of aromatic nitrogens is 2. The fraction of sp³-hybridized carbons (Fsp3) is 0.452. The molecule has 1 aromatic carbocycles. The quantitative estimate of drug-likeness (QED) is 0.321. The van der Waals surface area contributed by atoms with E-state index in [4.69, 9.17) is 4.74 Å². The van der Waals surface area contributed by atoms with Gasteiger partial charge in [0.1, 0.15) is 17.7 Å². The number of likely N-dealkylation sites (tertiary alicyclic amines) is 1. The highest BCUT2D eigenvalue weighted by Crippen LogP contribution is 2.30. The molecule has 1 fully saturated rings. The Bertz CT molecular complexity index is 1390. The van der Waals surface area contributed by atoms with Crippen LogP contribution in [-0.2, 0) is 26.2 Å². The van der Waals surface area contributed by atoms with E-state index >= 15 is 0 Å². The molecule has 218 valence electrons. The van der Waals surface area contributed by atoms with Crippen LogP contribution in [0, 0.1) is 0 Å². The van der Waals surface area contributed by atoms with Crippen LogP contribution in [0.4, 0.5) is 0 Å². The maximum Gasteiger partial charge on any atom is 0.329 e. The van der Waals surface area contributed by atoms with Crippen LogP contribution in [0.2, 0.25) is 0 Å². The van der Waals surface area contributed by atoms with Crippen LogP contribution in [0.15, 0.2) is 53.3 Å². The average molecular weight is 642 g/mol. The second-order valence-electron chi connectivity index (χ2n) is 12.3. The molecule has 1 saturated heterocycles. The summed E-state index contributed by atoms with van der Waals surface area (Å²) in [7, 11) is 0. The van der Waals surface area contributed by atoms with Crippen LogP contribution in [0.3, 0.4) is 0 Å². The first-order valence-electron chi connectivity index (χ1n) is 13.7. The third-order valence-electron chi connectivity index (χ3n) is 6.66. The van der Waals surface area contributed by atoms with Crippen LogP contribution >= 0.6 is 27.3 Å². The van der Waals surface area contributed by atoms with E-state index in [0.29, 0.717) is 30.1 Å². The molecule has 1 aliphatic heterocycles. The van der Waals surface area contributed by atoms with Crippen LogP contribution in [-0.4, -0.2) is 56.9 Å². The molecule has 10 heteroatoms. The number of rotatable bonds is 7. The molecule has 2 aromatic heterocycles. The fourth-order valence-corrected chi connectivity index (χ4v) is 5.80. The highest BCUT2D eigenvalue weighted by atomic mass is 79.9. The molecule has 1 N–H and O–H groups in total. The summed E-state index contributed by atoms with van der Waals surface area (Å²) < 4.78 is 6.41. The van der Waals surface area contributed by atoms with Crippen molar-refractivity contribution in [2.24, 2.45) is 0 Å². The smallest absolute Gasteiger partial charge is 0.329 e. The van der Waals surface area contributed by atoms with Crippen molar-refractivity contribution in [3.8, 4) is 11.4 Å². The summed E-state index contributed by atoms with van der Waals surface area (Å²) in [5.74, 6) is -0.429. The van der Waals surface area contributed by atoms with E-state index in [2.05, 4.69) is 52.0 Å². The topological polar surface area (TPSA) is 101 Å². The van der Waals surface area contributed by atoms with E-state index in [0.717, 1.165) is 20.5 Å². The zero-order valence-corrected chi connectivity index (χ0v) is 26.8. The fourth-order valence-electron chi connectivity index (χ4n) is 4.62. The molecule has 2 amide bonds. The highest BCUT2D eigenvalue weighted by molar-refractivity contribution is 9.10. The van der Waals surface area contributed by atoms with Crippen LogP contribution in [0.25, 0.3) is 11.4 Å². The average Bonchev–Trinajstić information content (AvgIpc) is 3.58. The van der Waals surface area contributed by atoms with Gasteiger partial charge in [-0.1, -0.05) is 45.0 Å². The third-order valence-corrected chi connectivity index (χ3v) is 8.58. The van der Waals surface area contributed by atoms with Crippen LogP contribution in [0.5, 0.6) is 0 Å². The second-order valence-corrected chi connectivity index (χ2v) is 14.3. The number of benzene rings is 1. The van der Waals surface area contributed by atoms with Gasteiger partial charge in [0.15, 0.2) is 5.82 Å². The molecule has 3 heterocycles. The first-order chi connectivity index (χ1) is 19.2. The molecule has 0 bridgehead atoms. The number of halogens is 1. The third kappa shape index (κ3) is 8.01. The van der Waals surface area contributed by atoms with Gasteiger partial charge < -0.3 is 15.0 Å². The van der Waals surface area contributed by atoms with Crippen molar-refractivity contribution in [2.75, 3.05) is 6.54 Å². The van der Waals surface area contributed by atoms with E-state index in [1.807, 2.05) is 51.1 Å². The molecule has 41 heavy (non-hydrogen) atoms. The van der Waals surface area contributed by atoms with Crippen molar-refractivity contribution in [1.29, 1.82) is 0 Å². The highest BCUT2D eigenvalue weighted by Gasteiger charge is 2.40. The lowest BCUT2D eigenvalue weighted by Gasteiger charge is -2.30. The number of carbonyl (C=O) groups excluding carboxylic acids is 3. The zero-order chi connectivity index (χ0) is 29.9. The molecule has 0 aliphatic carbocycles. The first-order valence-corrected chi connectivity index (χ1v) is 15.3. The number of nitrogens with zero attached hydrogens (tertiary/aromatic N) is 3. The van der Waals surface area contributed by atoms with Crippen molar-refractivity contribution < 1.29 is 19.1 Å². The molecule has 0 radical (unpaired) electrons. The van der Waals surface area contributed by atoms with Gasteiger partial charge in [-0.3, -0.25) is 9.59 Å². The van der Waals surface area contributed by atoms with Crippen molar-refractivity contribution in [3.63, 3.8) is 0 Å². The lowest BCUT2D eigenvalue weighted by Crippen LogP contribution is -2.53. The molecule has 0 spiro atoms. The Morgan fingerprint density at radius 1 is 1.05 bits per heavy atom. The van der Waals surface area contributed by atoms with Crippen molar-refractivity contribution in [1.82, 2.24) is 20.2 Å². The number of esters is 1. The van der Waals surface area contributed by atoms with Gasteiger partial charge in [0.05, 0.1) is 9.35 Å². The van der Waals surface area contributed by atoms with Gasteiger partial charge in [-0.15, -0.1) is 11.3 Å². The Hall–Kier alpha value is -3.11. The molecule has 1 aliphatic rings. The Morgan fingerprint density at radius 2 is 1.71 bits per heavy atom. The molecular formula is C31H37BrN4O4S.